The van der Waals surface area contributed by atoms with Crippen molar-refractivity contribution in [1.82, 2.24) is 9.55 Å². The van der Waals surface area contributed by atoms with Crippen molar-refractivity contribution < 1.29 is 9.84 Å². The van der Waals surface area contributed by atoms with Gasteiger partial charge in [0, 0.05) is 12.3 Å². The number of rotatable bonds is 7. The maximum atomic E-state index is 11.8. The molecular weight excluding hydrogens is 272 g/mol. The van der Waals surface area contributed by atoms with Gasteiger partial charge in [0.25, 0.3) is 5.56 Å². The van der Waals surface area contributed by atoms with Crippen molar-refractivity contribution in [2.75, 3.05) is 6.61 Å². The van der Waals surface area contributed by atoms with Crippen LogP contribution in [0.25, 0.3) is 0 Å². The minimum Gasteiger partial charge on any atom is -0.394 e. The Morgan fingerprint density at radius 3 is 2.86 bits per heavy atom. The Kier molecular flexibility index (Phi) is 5.76. The van der Waals surface area contributed by atoms with E-state index in [4.69, 9.17) is 4.74 Å². The van der Waals surface area contributed by atoms with E-state index >= 15 is 0 Å². The van der Waals surface area contributed by atoms with Gasteiger partial charge in [-0.3, -0.25) is 14.3 Å². The monoisotopic (exact) mass is 296 g/mol. The van der Waals surface area contributed by atoms with Crippen molar-refractivity contribution in [3.8, 4) is 0 Å². The smallest absolute Gasteiger partial charge is 0.330 e. The molecular formula is C15H24N2O4. The summed E-state index contributed by atoms with van der Waals surface area (Å²) in [6.07, 6.45) is 7.25. The Bertz CT molecular complexity index is 551. The zero-order chi connectivity index (χ0) is 15.2. The number of hydrogen-bond donors (Lipinski definition) is 2. The Morgan fingerprint density at radius 2 is 2.19 bits per heavy atom. The first-order valence-electron chi connectivity index (χ1n) is 7.73. The Balaban J connectivity index is 2.00. The first kappa shape index (κ1) is 16.0. The molecule has 21 heavy (non-hydrogen) atoms. The van der Waals surface area contributed by atoms with Crippen LogP contribution in [-0.4, -0.2) is 27.4 Å². The van der Waals surface area contributed by atoms with Gasteiger partial charge in [-0.05, 0) is 18.8 Å². The second-order valence-corrected chi connectivity index (χ2v) is 5.67. The van der Waals surface area contributed by atoms with Crippen LogP contribution in [0.3, 0.4) is 0 Å². The van der Waals surface area contributed by atoms with Crippen molar-refractivity contribution in [3.63, 3.8) is 0 Å². The molecule has 6 heteroatoms. The van der Waals surface area contributed by atoms with E-state index in [2.05, 4.69) is 11.9 Å². The number of unbranched alkanes of at least 4 members (excludes halogenated alkanes) is 3. The summed E-state index contributed by atoms with van der Waals surface area (Å²) in [4.78, 5) is 25.1. The zero-order valence-electron chi connectivity index (χ0n) is 12.5. The van der Waals surface area contributed by atoms with Crippen molar-refractivity contribution >= 4 is 0 Å². The summed E-state index contributed by atoms with van der Waals surface area (Å²) in [6.45, 7) is 2.14. The van der Waals surface area contributed by atoms with Gasteiger partial charge < -0.3 is 9.84 Å². The maximum Gasteiger partial charge on any atom is 0.330 e. The molecule has 1 fully saturated rings. The van der Waals surface area contributed by atoms with Crippen molar-refractivity contribution in [1.29, 1.82) is 0 Å². The summed E-state index contributed by atoms with van der Waals surface area (Å²) in [5.74, 6) is 0.260. The Morgan fingerprint density at radius 1 is 1.38 bits per heavy atom. The SMILES string of the molecule is CCCCCCC1CC(n2ccc(=O)[nH]c2=O)OC1CO. The van der Waals surface area contributed by atoms with E-state index in [-0.39, 0.29) is 18.6 Å². The van der Waals surface area contributed by atoms with Gasteiger partial charge in [0.2, 0.25) is 0 Å². The third-order valence-electron chi connectivity index (χ3n) is 4.13. The summed E-state index contributed by atoms with van der Waals surface area (Å²) in [5.41, 5.74) is -0.875. The van der Waals surface area contributed by atoms with E-state index in [0.29, 0.717) is 6.42 Å². The third-order valence-corrected chi connectivity index (χ3v) is 4.13. The van der Waals surface area contributed by atoms with E-state index in [9.17, 15) is 14.7 Å². The fraction of sp³-hybridized carbons (Fsp3) is 0.733. The minimum absolute atomic E-state index is 0.0347. The second-order valence-electron chi connectivity index (χ2n) is 5.67. The van der Waals surface area contributed by atoms with Crippen LogP contribution >= 0.6 is 0 Å². The van der Waals surface area contributed by atoms with Crippen molar-refractivity contribution in [2.45, 2.75) is 57.8 Å². The van der Waals surface area contributed by atoms with Gasteiger partial charge in [-0.2, -0.15) is 0 Å². The number of nitrogens with one attached hydrogen (secondary N) is 1. The fourth-order valence-electron chi connectivity index (χ4n) is 2.94. The summed E-state index contributed by atoms with van der Waals surface area (Å²) in [5, 5.41) is 9.45. The molecule has 1 saturated heterocycles. The Labute approximate surface area is 123 Å². The molecule has 0 radical (unpaired) electrons. The average Bonchev–Trinajstić information content (AvgIpc) is 2.86. The van der Waals surface area contributed by atoms with Gasteiger partial charge >= 0.3 is 5.69 Å². The van der Waals surface area contributed by atoms with Crippen LogP contribution in [0.1, 0.15) is 51.7 Å². The molecule has 118 valence electrons. The molecule has 0 aliphatic carbocycles. The molecule has 2 rings (SSSR count). The lowest BCUT2D eigenvalue weighted by molar-refractivity contribution is -0.0333. The first-order chi connectivity index (χ1) is 10.2. The normalized spacial score (nSPS) is 25.3. The lowest BCUT2D eigenvalue weighted by Gasteiger charge is -2.15. The number of aliphatic hydroxyl groups is 1. The van der Waals surface area contributed by atoms with Crippen LogP contribution in [0, 0.1) is 5.92 Å². The molecule has 1 aliphatic rings. The average molecular weight is 296 g/mol. The highest BCUT2D eigenvalue weighted by atomic mass is 16.5. The van der Waals surface area contributed by atoms with E-state index in [1.54, 1.807) is 0 Å². The molecule has 3 atom stereocenters. The topological polar surface area (TPSA) is 84.3 Å². The van der Waals surface area contributed by atoms with Gasteiger partial charge in [-0.15, -0.1) is 0 Å². The number of nitrogens with zero attached hydrogens (tertiary/aromatic N) is 1. The second kappa shape index (κ2) is 7.56. The molecule has 0 aromatic carbocycles. The van der Waals surface area contributed by atoms with Gasteiger partial charge in [-0.1, -0.05) is 32.6 Å². The molecule has 2 heterocycles. The number of aliphatic hydroxyl groups excluding tert-OH is 1. The maximum absolute atomic E-state index is 11.8. The predicted octanol–water partition coefficient (Wildman–Crippen LogP) is 1.40. The van der Waals surface area contributed by atoms with Crippen LogP contribution in [0.5, 0.6) is 0 Å². The van der Waals surface area contributed by atoms with Gasteiger partial charge in [0.05, 0.1) is 12.7 Å². The van der Waals surface area contributed by atoms with Crippen molar-refractivity contribution in [3.05, 3.63) is 33.1 Å². The molecule has 3 unspecified atom stereocenters. The molecule has 6 nitrogen and oxygen atoms in total. The first-order valence-corrected chi connectivity index (χ1v) is 7.73. The van der Waals surface area contributed by atoms with Crippen LogP contribution < -0.4 is 11.2 Å². The number of H-pyrrole nitrogens is 1. The summed E-state index contributed by atoms with van der Waals surface area (Å²) >= 11 is 0. The van der Waals surface area contributed by atoms with E-state index in [0.717, 1.165) is 12.8 Å². The van der Waals surface area contributed by atoms with E-state index < -0.39 is 17.5 Å². The summed E-state index contributed by atoms with van der Waals surface area (Å²) in [6, 6.07) is 1.31. The number of hydrogen-bond acceptors (Lipinski definition) is 4. The fourth-order valence-corrected chi connectivity index (χ4v) is 2.94. The highest BCUT2D eigenvalue weighted by Crippen LogP contribution is 2.35. The highest BCUT2D eigenvalue weighted by Gasteiger charge is 2.35. The molecule has 0 amide bonds. The lowest BCUT2D eigenvalue weighted by Crippen LogP contribution is -2.31. The summed E-state index contributed by atoms with van der Waals surface area (Å²) in [7, 11) is 0. The van der Waals surface area contributed by atoms with Crippen LogP contribution in [0.4, 0.5) is 0 Å². The van der Waals surface area contributed by atoms with Gasteiger partial charge in [-0.25, -0.2) is 4.79 Å². The Hall–Kier alpha value is -1.40. The molecule has 2 N–H and O–H groups in total. The number of ether oxygens (including phenoxy) is 1. The number of aromatic nitrogens is 2. The molecule has 0 spiro atoms. The minimum atomic E-state index is -0.462. The standard InChI is InChI=1S/C15H24N2O4/c1-2-3-4-5-6-11-9-14(21-12(11)10-18)17-8-7-13(19)16-15(17)20/h7-8,11-12,14,18H,2-6,9-10H2,1H3,(H,16,19,20). The van der Waals surface area contributed by atoms with Crippen LogP contribution in [0.2, 0.25) is 0 Å². The molecule has 1 aliphatic heterocycles. The van der Waals surface area contributed by atoms with E-state index in [1.807, 2.05) is 0 Å². The van der Waals surface area contributed by atoms with Gasteiger partial charge in [0.1, 0.15) is 6.23 Å². The largest absolute Gasteiger partial charge is 0.394 e. The van der Waals surface area contributed by atoms with Crippen LogP contribution in [0.15, 0.2) is 21.9 Å². The third kappa shape index (κ3) is 4.04. The highest BCUT2D eigenvalue weighted by molar-refractivity contribution is 4.88. The zero-order valence-corrected chi connectivity index (χ0v) is 12.5. The molecule has 0 bridgehead atoms. The van der Waals surface area contributed by atoms with Crippen LogP contribution in [-0.2, 0) is 4.74 Å². The van der Waals surface area contributed by atoms with Gasteiger partial charge in [0.15, 0.2) is 0 Å². The quantitative estimate of drug-likeness (QED) is 0.745. The molecule has 1 aromatic rings. The molecule has 1 aromatic heterocycles. The molecule has 0 saturated carbocycles. The van der Waals surface area contributed by atoms with E-state index in [1.165, 1.54) is 36.1 Å². The number of aromatic amines is 1. The van der Waals surface area contributed by atoms with Crippen molar-refractivity contribution in [2.24, 2.45) is 5.92 Å². The predicted molar refractivity (Wildman–Crippen MR) is 79.2 cm³/mol. The lowest BCUT2D eigenvalue weighted by atomic mass is 9.94. The summed E-state index contributed by atoms with van der Waals surface area (Å²) < 4.78 is 7.18.